The Morgan fingerprint density at radius 3 is 1.15 bits per heavy atom. The molecule has 3 aromatic rings. The van der Waals surface area contributed by atoms with Crippen LogP contribution in [0.15, 0.2) is 91.0 Å². The van der Waals surface area contributed by atoms with Crippen molar-refractivity contribution in [1.29, 1.82) is 0 Å². The Morgan fingerprint density at radius 2 is 0.923 bits per heavy atom. The molecule has 0 aromatic heterocycles. The summed E-state index contributed by atoms with van der Waals surface area (Å²) in [6, 6.07) is 33.6. The maximum absolute atomic E-state index is 5.17. The van der Waals surface area contributed by atoms with E-state index < -0.39 is 19.3 Å². The van der Waals surface area contributed by atoms with Crippen LogP contribution in [0.5, 0.6) is 0 Å². The molecular weight excluding hydrogens is 499 g/mol. The maximum Gasteiger partial charge on any atom is 0.115 e. The molecule has 0 saturated heterocycles. The molecule has 3 aromatic carbocycles. The third-order valence-corrected chi connectivity index (χ3v) is 9.53. The van der Waals surface area contributed by atoms with Crippen molar-refractivity contribution in [3.63, 3.8) is 0 Å². The average molecular weight is 520 g/mol. The van der Waals surface area contributed by atoms with Crippen molar-refractivity contribution in [3.8, 4) is 0 Å². The van der Waals surface area contributed by atoms with E-state index in [0.29, 0.717) is 0 Å². The molecule has 0 atom stereocenters. The van der Waals surface area contributed by atoms with Crippen LogP contribution in [0.3, 0.4) is 0 Å². The van der Waals surface area contributed by atoms with E-state index in [1.165, 1.54) is 28.8 Å². The van der Waals surface area contributed by atoms with Gasteiger partial charge in [-0.05, 0) is 49.2 Å². The first kappa shape index (κ1) is 20.5. The summed E-state index contributed by atoms with van der Waals surface area (Å²) >= 11 is 1.14. The van der Waals surface area contributed by atoms with Crippen molar-refractivity contribution in [1.82, 2.24) is 0 Å². The number of rotatable bonds is 4. The summed E-state index contributed by atoms with van der Waals surface area (Å²) in [7, 11) is 8.82. The third kappa shape index (κ3) is 4.78. The van der Waals surface area contributed by atoms with E-state index in [1.807, 2.05) is 0 Å². The second-order valence-electron chi connectivity index (χ2n) is 6.26. The molecule has 26 heavy (non-hydrogen) atoms. The molecule has 1 saturated carbocycles. The SMILES string of the molecule is [Cl][Zn-]([Cl])[Br].c1ccc([P+](c2ccccc2)(c2ccccc2)C2CC2)cc1. The van der Waals surface area contributed by atoms with Gasteiger partial charge in [-0.2, -0.15) is 0 Å². The van der Waals surface area contributed by atoms with E-state index in [0.717, 1.165) is 5.66 Å². The molecule has 0 unspecified atom stereocenters. The summed E-state index contributed by atoms with van der Waals surface area (Å²) in [5.74, 6) is 0. The van der Waals surface area contributed by atoms with Crippen molar-refractivity contribution in [3.05, 3.63) is 91.0 Å². The quantitative estimate of drug-likeness (QED) is 0.278. The van der Waals surface area contributed by atoms with E-state index >= 15 is 0 Å². The van der Waals surface area contributed by atoms with Crippen LogP contribution in [-0.4, -0.2) is 5.66 Å². The standard InChI is InChI=1S/C21H20P.BrH.2ClH.Zn/c1-4-10-18(11-5-1)22(21-16-17-21,19-12-6-2-7-13-19)20-14-8-3-9-15-20;;;;/h1-15,21H,16-17H2;3*1H;/q+1;;;;+2/p-3. The van der Waals surface area contributed by atoms with Gasteiger partial charge < -0.3 is 0 Å². The van der Waals surface area contributed by atoms with E-state index in [1.54, 1.807) is 0 Å². The summed E-state index contributed by atoms with van der Waals surface area (Å²) in [5, 5.41) is 4.57. The van der Waals surface area contributed by atoms with Crippen molar-refractivity contribution < 1.29 is 12.0 Å². The van der Waals surface area contributed by atoms with E-state index in [9.17, 15) is 0 Å². The van der Waals surface area contributed by atoms with E-state index in [-0.39, 0.29) is 0 Å². The van der Waals surface area contributed by atoms with Gasteiger partial charge in [0.05, 0.1) is 5.66 Å². The van der Waals surface area contributed by atoms with Crippen LogP contribution in [0, 0.1) is 0 Å². The molecule has 0 aliphatic heterocycles. The Kier molecular flexibility index (Phi) is 7.74. The number of halogens is 3. The molecule has 132 valence electrons. The fourth-order valence-electron chi connectivity index (χ4n) is 3.53. The monoisotopic (exact) mass is 516 g/mol. The van der Waals surface area contributed by atoms with Gasteiger partial charge in [0.15, 0.2) is 0 Å². The Balaban J connectivity index is 0.000000447. The molecule has 4 rings (SSSR count). The fraction of sp³-hybridized carbons (Fsp3) is 0.143. The zero-order chi connectivity index (χ0) is 18.4. The molecule has 0 nitrogen and oxygen atoms in total. The van der Waals surface area contributed by atoms with Gasteiger partial charge in [-0.25, -0.2) is 0 Å². The maximum atomic E-state index is 5.17. The van der Waals surface area contributed by atoms with Crippen LogP contribution in [-0.2, 0) is 12.0 Å². The number of benzene rings is 3. The van der Waals surface area contributed by atoms with Crippen molar-refractivity contribution >= 4 is 56.2 Å². The molecule has 0 bridgehead atoms. The largest absolute Gasteiger partial charge is 0.115 e. The molecular formula is C21H20BrCl2PZn. The molecule has 1 aliphatic carbocycles. The van der Waals surface area contributed by atoms with Crippen LogP contribution in [0.25, 0.3) is 0 Å². The van der Waals surface area contributed by atoms with Crippen molar-refractivity contribution in [2.45, 2.75) is 18.5 Å². The topological polar surface area (TPSA) is 0 Å². The first-order chi connectivity index (χ1) is 12.7. The van der Waals surface area contributed by atoms with Crippen LogP contribution in [0.4, 0.5) is 0 Å². The minimum atomic E-state index is -1.87. The van der Waals surface area contributed by atoms with Crippen LogP contribution >= 0.6 is 40.3 Å². The Hall–Kier alpha value is -0.227. The first-order valence-corrected chi connectivity index (χ1v) is 25.4. The second kappa shape index (κ2) is 9.81. The average Bonchev–Trinajstić information content (AvgIpc) is 3.50. The fourth-order valence-corrected chi connectivity index (χ4v) is 8.54. The molecule has 5 heteroatoms. The summed E-state index contributed by atoms with van der Waals surface area (Å²) in [4.78, 5) is 0. The molecule has 0 heterocycles. The predicted octanol–water partition coefficient (Wildman–Crippen LogP) is 6.37. The summed E-state index contributed by atoms with van der Waals surface area (Å²) < 4.78 is 0. The van der Waals surface area contributed by atoms with Gasteiger partial charge in [0, 0.05) is 0 Å². The minimum Gasteiger partial charge on any atom is -0.0620 e. The zero-order valence-corrected chi connectivity index (χ0v) is 21.4. The predicted molar refractivity (Wildman–Crippen MR) is 119 cm³/mol. The molecule has 0 radical (unpaired) electrons. The zero-order valence-electron chi connectivity index (χ0n) is 14.4. The van der Waals surface area contributed by atoms with Crippen molar-refractivity contribution in [2.75, 3.05) is 0 Å². The van der Waals surface area contributed by atoms with Crippen LogP contribution in [0.1, 0.15) is 12.8 Å². The second-order valence-corrected chi connectivity index (χ2v) is 30.8. The summed E-state index contributed by atoms with van der Waals surface area (Å²) in [6.45, 7) is 0. The number of hydrogen-bond acceptors (Lipinski definition) is 0. The van der Waals surface area contributed by atoms with Gasteiger partial charge in [-0.3, -0.25) is 0 Å². The minimum absolute atomic E-state index is 0.805. The van der Waals surface area contributed by atoms with Gasteiger partial charge in [0.25, 0.3) is 0 Å². The Bertz CT molecular complexity index is 697. The smallest absolute Gasteiger partial charge is 0.0620 e. The van der Waals surface area contributed by atoms with Gasteiger partial charge in [0.2, 0.25) is 0 Å². The summed E-state index contributed by atoms with van der Waals surface area (Å²) in [5.41, 5.74) is 0.805. The molecule has 1 aliphatic rings. The van der Waals surface area contributed by atoms with Gasteiger partial charge >= 0.3 is 45.0 Å². The molecule has 0 amide bonds. The normalized spacial score (nSPS) is 13.5. The molecule has 0 spiro atoms. The summed E-state index contributed by atoms with van der Waals surface area (Å²) in [6.07, 6.45) is 2.71. The van der Waals surface area contributed by atoms with E-state index in [4.69, 9.17) is 19.4 Å². The molecule has 1 fully saturated rings. The third-order valence-electron chi connectivity index (χ3n) is 4.58. The van der Waals surface area contributed by atoms with Crippen LogP contribution < -0.4 is 15.9 Å². The van der Waals surface area contributed by atoms with Gasteiger partial charge in [-0.15, -0.1) is 0 Å². The number of hydrogen-bond donors (Lipinski definition) is 0. The molecule has 0 N–H and O–H groups in total. The van der Waals surface area contributed by atoms with Gasteiger partial charge in [-0.1, -0.05) is 54.6 Å². The Labute approximate surface area is 176 Å². The van der Waals surface area contributed by atoms with E-state index in [2.05, 4.69) is 105 Å². The Morgan fingerprint density at radius 1 is 0.654 bits per heavy atom. The van der Waals surface area contributed by atoms with Crippen LogP contribution in [0.2, 0.25) is 0 Å². The van der Waals surface area contributed by atoms with Gasteiger partial charge in [0.1, 0.15) is 23.2 Å². The van der Waals surface area contributed by atoms with Crippen molar-refractivity contribution in [2.24, 2.45) is 0 Å². The first-order valence-electron chi connectivity index (χ1n) is 8.78.